The summed E-state index contributed by atoms with van der Waals surface area (Å²) >= 11 is 3.23. The molecule has 1 rings (SSSR count). The Morgan fingerprint density at radius 2 is 2.00 bits per heavy atom. The van der Waals surface area contributed by atoms with Crippen LogP contribution >= 0.6 is 15.9 Å². The highest BCUT2D eigenvalue weighted by molar-refractivity contribution is 9.10. The van der Waals surface area contributed by atoms with E-state index < -0.39 is 10.0 Å². The molecule has 6 heteroatoms. The van der Waals surface area contributed by atoms with E-state index in [1.165, 1.54) is 13.1 Å². The van der Waals surface area contributed by atoms with Crippen molar-refractivity contribution >= 4 is 31.6 Å². The summed E-state index contributed by atoms with van der Waals surface area (Å²) in [6, 6.07) is 3.12. The summed E-state index contributed by atoms with van der Waals surface area (Å²) in [6.07, 6.45) is 0. The molecule has 0 aliphatic heterocycles. The maximum absolute atomic E-state index is 11.5. The molecule has 0 aliphatic carbocycles. The third-order valence-electron chi connectivity index (χ3n) is 1.85. The van der Waals surface area contributed by atoms with E-state index in [1.807, 2.05) is 0 Å². The number of halogens is 1. The van der Waals surface area contributed by atoms with Crippen LogP contribution in [-0.4, -0.2) is 15.5 Å². The molecule has 0 amide bonds. The summed E-state index contributed by atoms with van der Waals surface area (Å²) in [5, 5.41) is 0. The molecule has 0 aliphatic rings. The average molecular weight is 279 g/mol. The Bertz CT molecular complexity index is 457. The fraction of sp³-hybridized carbons (Fsp3) is 0.250. The fourth-order valence-corrected chi connectivity index (χ4v) is 2.51. The predicted molar refractivity (Wildman–Crippen MR) is 59.5 cm³/mol. The zero-order valence-corrected chi connectivity index (χ0v) is 10.2. The smallest absolute Gasteiger partial charge is 0.240 e. The molecule has 0 radical (unpaired) electrons. The number of hydrogen-bond donors (Lipinski definition) is 2. The quantitative estimate of drug-likeness (QED) is 0.800. The molecule has 14 heavy (non-hydrogen) atoms. The lowest BCUT2D eigenvalue weighted by molar-refractivity contribution is 0.587. The average Bonchev–Trinajstić information content (AvgIpc) is 2.11. The molecular weight excluding hydrogens is 268 g/mol. The van der Waals surface area contributed by atoms with E-state index in [2.05, 4.69) is 20.7 Å². The van der Waals surface area contributed by atoms with Gasteiger partial charge in [0.1, 0.15) is 0 Å². The van der Waals surface area contributed by atoms with Crippen LogP contribution in [0.5, 0.6) is 0 Å². The van der Waals surface area contributed by atoms with E-state index in [-0.39, 0.29) is 4.90 Å². The van der Waals surface area contributed by atoms with Gasteiger partial charge in [-0.3, -0.25) is 0 Å². The number of benzene rings is 1. The summed E-state index contributed by atoms with van der Waals surface area (Å²) in [5.74, 6) is 0. The molecule has 78 valence electrons. The highest BCUT2D eigenvalue weighted by Gasteiger charge is 2.15. The third-order valence-corrected chi connectivity index (χ3v) is 4.10. The fourth-order valence-electron chi connectivity index (χ4n) is 1.07. The SMILES string of the molecule is CNS(=O)(=O)c1cc(N)c(Br)cc1C. The van der Waals surface area contributed by atoms with Crippen LogP contribution in [0.1, 0.15) is 5.56 Å². The van der Waals surface area contributed by atoms with Crippen molar-refractivity contribution in [2.24, 2.45) is 0 Å². The van der Waals surface area contributed by atoms with Crippen molar-refractivity contribution in [1.82, 2.24) is 4.72 Å². The standard InChI is InChI=1S/C8H11BrN2O2S/c1-5-3-6(9)7(10)4-8(5)14(12,13)11-2/h3-4,11H,10H2,1-2H3. The first kappa shape index (κ1) is 11.5. The van der Waals surface area contributed by atoms with Gasteiger partial charge in [0, 0.05) is 10.2 Å². The molecular formula is C8H11BrN2O2S. The van der Waals surface area contributed by atoms with Crippen LogP contribution in [-0.2, 0) is 10.0 Å². The molecule has 0 spiro atoms. The zero-order chi connectivity index (χ0) is 10.9. The number of nitrogens with one attached hydrogen (secondary N) is 1. The van der Waals surface area contributed by atoms with Gasteiger partial charge in [-0.2, -0.15) is 0 Å². The largest absolute Gasteiger partial charge is 0.398 e. The second kappa shape index (κ2) is 3.88. The molecule has 0 saturated carbocycles. The second-order valence-corrected chi connectivity index (χ2v) is 5.56. The van der Waals surface area contributed by atoms with Crippen LogP contribution in [0.4, 0.5) is 5.69 Å². The molecule has 1 aromatic rings. The van der Waals surface area contributed by atoms with Gasteiger partial charge in [-0.05, 0) is 47.6 Å². The Balaban J connectivity index is 3.45. The number of sulfonamides is 1. The number of anilines is 1. The van der Waals surface area contributed by atoms with Gasteiger partial charge < -0.3 is 5.73 Å². The van der Waals surface area contributed by atoms with Crippen LogP contribution in [0.25, 0.3) is 0 Å². The number of rotatable bonds is 2. The molecule has 1 aromatic carbocycles. The van der Waals surface area contributed by atoms with Gasteiger partial charge in [0.25, 0.3) is 0 Å². The topological polar surface area (TPSA) is 72.2 Å². The first-order chi connectivity index (χ1) is 6.38. The Morgan fingerprint density at radius 1 is 1.43 bits per heavy atom. The van der Waals surface area contributed by atoms with Crippen LogP contribution in [0, 0.1) is 6.92 Å². The van der Waals surface area contributed by atoms with Crippen molar-refractivity contribution < 1.29 is 8.42 Å². The first-order valence-electron chi connectivity index (χ1n) is 3.87. The van der Waals surface area contributed by atoms with Gasteiger partial charge in [-0.25, -0.2) is 13.1 Å². The Labute approximate surface area is 91.7 Å². The maximum atomic E-state index is 11.5. The number of aryl methyl sites for hydroxylation is 1. The van der Waals surface area contributed by atoms with E-state index in [0.29, 0.717) is 15.7 Å². The molecule has 0 aromatic heterocycles. The van der Waals surface area contributed by atoms with Gasteiger partial charge in [-0.1, -0.05) is 0 Å². The summed E-state index contributed by atoms with van der Waals surface area (Å²) < 4.78 is 26.0. The summed E-state index contributed by atoms with van der Waals surface area (Å²) in [7, 11) is -2.05. The van der Waals surface area contributed by atoms with Crippen molar-refractivity contribution in [1.29, 1.82) is 0 Å². The first-order valence-corrected chi connectivity index (χ1v) is 6.15. The normalized spacial score (nSPS) is 11.6. The molecule has 0 heterocycles. The number of hydrogen-bond acceptors (Lipinski definition) is 3. The highest BCUT2D eigenvalue weighted by atomic mass is 79.9. The van der Waals surface area contributed by atoms with Crippen LogP contribution in [0.2, 0.25) is 0 Å². The van der Waals surface area contributed by atoms with Gasteiger partial charge in [-0.15, -0.1) is 0 Å². The van der Waals surface area contributed by atoms with Gasteiger partial charge in [0.05, 0.1) is 4.90 Å². The van der Waals surface area contributed by atoms with E-state index in [0.717, 1.165) is 0 Å². The molecule has 0 bridgehead atoms. The van der Waals surface area contributed by atoms with Crippen LogP contribution in [0.3, 0.4) is 0 Å². The Morgan fingerprint density at radius 3 is 2.50 bits per heavy atom. The van der Waals surface area contributed by atoms with Crippen molar-refractivity contribution in [2.45, 2.75) is 11.8 Å². The minimum absolute atomic E-state index is 0.209. The molecule has 0 saturated heterocycles. The molecule has 0 unspecified atom stereocenters. The summed E-state index contributed by atoms with van der Waals surface area (Å²) in [6.45, 7) is 1.72. The predicted octanol–water partition coefficient (Wildman–Crippen LogP) is 1.25. The molecule has 4 nitrogen and oxygen atoms in total. The van der Waals surface area contributed by atoms with Crippen molar-refractivity contribution in [2.75, 3.05) is 12.8 Å². The summed E-state index contributed by atoms with van der Waals surface area (Å²) in [4.78, 5) is 0.209. The van der Waals surface area contributed by atoms with Crippen LogP contribution < -0.4 is 10.5 Å². The third kappa shape index (κ3) is 2.08. The zero-order valence-electron chi connectivity index (χ0n) is 7.83. The van der Waals surface area contributed by atoms with Gasteiger partial charge >= 0.3 is 0 Å². The van der Waals surface area contributed by atoms with Gasteiger partial charge in [0.15, 0.2) is 0 Å². The Hall–Kier alpha value is -0.590. The molecule has 0 atom stereocenters. The minimum Gasteiger partial charge on any atom is -0.398 e. The van der Waals surface area contributed by atoms with Crippen molar-refractivity contribution in [3.8, 4) is 0 Å². The van der Waals surface area contributed by atoms with E-state index in [9.17, 15) is 8.42 Å². The highest BCUT2D eigenvalue weighted by Crippen LogP contribution is 2.26. The second-order valence-electron chi connectivity index (χ2n) is 2.85. The minimum atomic E-state index is -3.42. The number of nitrogens with two attached hydrogens (primary N) is 1. The lowest BCUT2D eigenvalue weighted by Crippen LogP contribution is -2.19. The van der Waals surface area contributed by atoms with Crippen LogP contribution in [0.15, 0.2) is 21.5 Å². The molecule has 3 N–H and O–H groups in total. The lowest BCUT2D eigenvalue weighted by Gasteiger charge is -2.08. The molecule has 0 fully saturated rings. The monoisotopic (exact) mass is 278 g/mol. The lowest BCUT2D eigenvalue weighted by atomic mass is 10.2. The Kier molecular flexibility index (Phi) is 3.18. The van der Waals surface area contributed by atoms with Crippen molar-refractivity contribution in [3.05, 3.63) is 22.2 Å². The number of nitrogen functional groups attached to an aromatic ring is 1. The van der Waals surface area contributed by atoms with E-state index in [4.69, 9.17) is 5.73 Å². The maximum Gasteiger partial charge on any atom is 0.240 e. The van der Waals surface area contributed by atoms with E-state index >= 15 is 0 Å². The summed E-state index contributed by atoms with van der Waals surface area (Å²) in [5.41, 5.74) is 6.66. The van der Waals surface area contributed by atoms with E-state index in [1.54, 1.807) is 13.0 Å². The van der Waals surface area contributed by atoms with Gasteiger partial charge in [0.2, 0.25) is 10.0 Å². The van der Waals surface area contributed by atoms with Crippen molar-refractivity contribution in [3.63, 3.8) is 0 Å².